The molecular formula is C20H18Cl2N4O4S2. The van der Waals surface area contributed by atoms with Crippen molar-refractivity contribution in [3.8, 4) is 5.75 Å². The minimum atomic E-state index is -3.97. The van der Waals surface area contributed by atoms with Crippen LogP contribution in [0.2, 0.25) is 10.0 Å². The molecule has 1 fully saturated rings. The highest BCUT2D eigenvalue weighted by Crippen LogP contribution is 2.36. The van der Waals surface area contributed by atoms with Crippen molar-refractivity contribution in [2.75, 3.05) is 6.54 Å². The predicted molar refractivity (Wildman–Crippen MR) is 125 cm³/mol. The second kappa shape index (κ2) is 8.53. The van der Waals surface area contributed by atoms with Crippen molar-refractivity contribution < 1.29 is 18.3 Å². The summed E-state index contributed by atoms with van der Waals surface area (Å²) in [4.78, 5) is 14.3. The minimum Gasteiger partial charge on any atom is -0.508 e. The lowest BCUT2D eigenvalue weighted by atomic mass is 10.1. The second-order valence-corrected chi connectivity index (χ2v) is 11.2. The van der Waals surface area contributed by atoms with Gasteiger partial charge in [0, 0.05) is 33.8 Å². The highest BCUT2D eigenvalue weighted by molar-refractivity contribution is 7.91. The number of sulfonamides is 1. The molecular weight excluding hydrogens is 495 g/mol. The van der Waals surface area contributed by atoms with E-state index in [-0.39, 0.29) is 28.8 Å². The Kier molecular flexibility index (Phi) is 6.08. The number of thiophene rings is 1. The number of nitrogens with two attached hydrogens (primary N) is 1. The smallest absolute Gasteiger partial charge is 0.250 e. The first-order valence-corrected chi connectivity index (χ1v) is 12.5. The number of phenols is 1. The van der Waals surface area contributed by atoms with Crippen LogP contribution in [0, 0.1) is 5.41 Å². The van der Waals surface area contributed by atoms with Crippen LogP contribution in [0.25, 0.3) is 10.1 Å². The SMILES string of the molecule is N=C(N)c1ccc(O)cc1CN1CC[C@H](NS(=O)(=O)c2cc3c(Cl)cc(Cl)cc3s2)C1=O. The summed E-state index contributed by atoms with van der Waals surface area (Å²) in [6, 6.07) is 8.06. The average molecular weight is 513 g/mol. The Morgan fingerprint density at radius 2 is 2.03 bits per heavy atom. The maximum atomic E-state index is 12.9. The second-order valence-electron chi connectivity index (χ2n) is 7.34. The lowest BCUT2D eigenvalue weighted by molar-refractivity contribution is -0.129. The van der Waals surface area contributed by atoms with Crippen molar-refractivity contribution in [3.05, 3.63) is 57.6 Å². The number of likely N-dealkylation sites (tertiary alicyclic amines) is 1. The summed E-state index contributed by atoms with van der Waals surface area (Å²) in [5.41, 5.74) is 6.50. The molecule has 0 unspecified atom stereocenters. The first kappa shape index (κ1) is 22.8. The van der Waals surface area contributed by atoms with Gasteiger partial charge in [-0.25, -0.2) is 8.42 Å². The third-order valence-corrected chi connectivity index (χ3v) is 8.69. The van der Waals surface area contributed by atoms with E-state index < -0.39 is 22.0 Å². The van der Waals surface area contributed by atoms with Crippen LogP contribution < -0.4 is 10.5 Å². The van der Waals surface area contributed by atoms with Gasteiger partial charge in [-0.1, -0.05) is 23.2 Å². The number of nitrogens with zero attached hydrogens (tertiary/aromatic N) is 1. The molecule has 2 heterocycles. The molecule has 0 radical (unpaired) electrons. The van der Waals surface area contributed by atoms with Crippen LogP contribution in [-0.2, 0) is 21.4 Å². The van der Waals surface area contributed by atoms with Crippen molar-refractivity contribution in [3.63, 3.8) is 0 Å². The normalized spacial score (nSPS) is 16.8. The molecule has 3 aromatic rings. The van der Waals surface area contributed by atoms with E-state index in [0.717, 1.165) is 11.3 Å². The zero-order valence-electron chi connectivity index (χ0n) is 16.4. The fourth-order valence-electron chi connectivity index (χ4n) is 3.60. The first-order chi connectivity index (χ1) is 15.0. The lowest BCUT2D eigenvalue weighted by Gasteiger charge is -2.19. The van der Waals surface area contributed by atoms with Gasteiger partial charge in [-0.05, 0) is 48.4 Å². The number of carbonyl (C=O) groups excluding carboxylic acids is 1. The zero-order chi connectivity index (χ0) is 23.2. The Labute approximate surface area is 198 Å². The van der Waals surface area contributed by atoms with Gasteiger partial charge in [0.2, 0.25) is 5.91 Å². The largest absolute Gasteiger partial charge is 0.508 e. The molecule has 0 spiro atoms. The van der Waals surface area contributed by atoms with Gasteiger partial charge in [0.25, 0.3) is 10.0 Å². The number of carbonyl (C=O) groups is 1. The van der Waals surface area contributed by atoms with Gasteiger partial charge >= 0.3 is 0 Å². The van der Waals surface area contributed by atoms with Crippen LogP contribution in [-0.4, -0.2) is 42.8 Å². The fraction of sp³-hybridized carbons (Fsp3) is 0.200. The zero-order valence-corrected chi connectivity index (χ0v) is 19.6. The summed E-state index contributed by atoms with van der Waals surface area (Å²) < 4.78 is 29.0. The Morgan fingerprint density at radius 3 is 2.75 bits per heavy atom. The number of benzene rings is 2. The third-order valence-electron chi connectivity index (χ3n) is 5.13. The van der Waals surface area contributed by atoms with E-state index in [1.54, 1.807) is 6.07 Å². The Bertz CT molecular complexity index is 1360. The quantitative estimate of drug-likeness (QED) is 0.296. The standard InChI is InChI=1S/C20H18Cl2N4O4S2/c21-11-6-15(22)14-8-18(31-17(14)7-11)32(29,30)25-16-3-4-26(20(16)28)9-10-5-12(27)1-2-13(10)19(23)24/h1-2,5-8,16,25,27H,3-4,9H2,(H3,23,24)/t16-/m0/s1. The van der Waals surface area contributed by atoms with Crippen molar-refractivity contribution in [1.82, 2.24) is 9.62 Å². The molecule has 2 aromatic carbocycles. The van der Waals surface area contributed by atoms with Gasteiger partial charge in [0.05, 0.1) is 5.02 Å². The molecule has 8 nitrogen and oxygen atoms in total. The van der Waals surface area contributed by atoms with Gasteiger partial charge in [-0.3, -0.25) is 10.2 Å². The Balaban J connectivity index is 1.53. The van der Waals surface area contributed by atoms with Crippen LogP contribution in [0.15, 0.2) is 40.6 Å². The van der Waals surface area contributed by atoms with E-state index in [4.69, 9.17) is 34.3 Å². The summed E-state index contributed by atoms with van der Waals surface area (Å²) >= 11 is 13.2. The Hall–Kier alpha value is -2.37. The third kappa shape index (κ3) is 4.41. The summed E-state index contributed by atoms with van der Waals surface area (Å²) in [6.45, 7) is 0.407. The number of nitrogen functional groups attached to an aromatic ring is 1. The highest BCUT2D eigenvalue weighted by atomic mass is 35.5. The molecule has 1 atom stereocenters. The van der Waals surface area contributed by atoms with Gasteiger partial charge in [-0.2, -0.15) is 4.72 Å². The molecule has 1 saturated heterocycles. The first-order valence-electron chi connectivity index (χ1n) is 9.41. The number of fused-ring (bicyclic) bond motifs is 1. The molecule has 1 amide bonds. The van der Waals surface area contributed by atoms with Gasteiger partial charge in [-0.15, -0.1) is 11.3 Å². The minimum absolute atomic E-state index is 0.0163. The number of halogens is 2. The molecule has 5 N–H and O–H groups in total. The highest BCUT2D eigenvalue weighted by Gasteiger charge is 2.35. The van der Waals surface area contributed by atoms with Gasteiger partial charge < -0.3 is 15.7 Å². The number of amides is 1. The van der Waals surface area contributed by atoms with Crippen LogP contribution in [0.3, 0.4) is 0 Å². The van der Waals surface area contributed by atoms with Crippen LogP contribution in [0.1, 0.15) is 17.5 Å². The maximum Gasteiger partial charge on any atom is 0.250 e. The number of phenolic OH excluding ortho intramolecular Hbond substituents is 1. The molecule has 0 bridgehead atoms. The molecule has 1 aromatic heterocycles. The van der Waals surface area contributed by atoms with Crippen molar-refractivity contribution >= 4 is 66.4 Å². The van der Waals surface area contributed by atoms with E-state index in [2.05, 4.69) is 4.72 Å². The molecule has 168 valence electrons. The number of hydrogen-bond acceptors (Lipinski definition) is 6. The van der Waals surface area contributed by atoms with E-state index in [9.17, 15) is 18.3 Å². The van der Waals surface area contributed by atoms with Crippen LogP contribution in [0.4, 0.5) is 0 Å². The van der Waals surface area contributed by atoms with Crippen molar-refractivity contribution in [2.24, 2.45) is 5.73 Å². The van der Waals surface area contributed by atoms with E-state index >= 15 is 0 Å². The molecule has 0 saturated carbocycles. The number of rotatable bonds is 6. The molecule has 4 rings (SSSR count). The maximum absolute atomic E-state index is 12.9. The number of nitrogens with one attached hydrogen (secondary N) is 2. The lowest BCUT2D eigenvalue weighted by Crippen LogP contribution is -2.41. The number of aromatic hydroxyl groups is 1. The van der Waals surface area contributed by atoms with E-state index in [1.165, 1.54) is 35.2 Å². The van der Waals surface area contributed by atoms with Crippen LogP contribution in [0.5, 0.6) is 5.75 Å². The molecule has 12 heteroatoms. The predicted octanol–water partition coefficient (Wildman–Crippen LogP) is 3.28. The molecule has 1 aliphatic heterocycles. The Morgan fingerprint density at radius 1 is 1.28 bits per heavy atom. The van der Waals surface area contributed by atoms with Crippen molar-refractivity contribution in [2.45, 2.75) is 23.2 Å². The number of amidine groups is 1. The molecule has 0 aliphatic carbocycles. The van der Waals surface area contributed by atoms with Gasteiger partial charge in [0.15, 0.2) is 0 Å². The van der Waals surface area contributed by atoms with Crippen LogP contribution >= 0.6 is 34.5 Å². The topological polar surface area (TPSA) is 137 Å². The van der Waals surface area contributed by atoms with E-state index in [1.807, 2.05) is 0 Å². The average Bonchev–Trinajstić information content (AvgIpc) is 3.27. The summed E-state index contributed by atoms with van der Waals surface area (Å²) in [5.74, 6) is -0.599. The molecule has 1 aliphatic rings. The van der Waals surface area contributed by atoms with Gasteiger partial charge in [0.1, 0.15) is 21.8 Å². The molecule has 32 heavy (non-hydrogen) atoms. The number of hydrogen-bond donors (Lipinski definition) is 4. The summed E-state index contributed by atoms with van der Waals surface area (Å²) in [6.07, 6.45) is 0.282. The van der Waals surface area contributed by atoms with Crippen molar-refractivity contribution in [1.29, 1.82) is 5.41 Å². The monoisotopic (exact) mass is 512 g/mol. The summed E-state index contributed by atoms with van der Waals surface area (Å²) in [7, 11) is -3.97. The van der Waals surface area contributed by atoms with E-state index in [0.29, 0.717) is 37.8 Å². The fourth-order valence-corrected chi connectivity index (χ4v) is 6.97. The summed E-state index contributed by atoms with van der Waals surface area (Å²) in [5, 5.41) is 18.8.